The molecule has 8 rings (SSSR count). The summed E-state index contributed by atoms with van der Waals surface area (Å²) in [7, 11) is 0. The molecule has 0 aliphatic rings. The predicted molar refractivity (Wildman–Crippen MR) is 189 cm³/mol. The summed E-state index contributed by atoms with van der Waals surface area (Å²) in [5, 5.41) is 2.71. The number of benzene rings is 7. The van der Waals surface area contributed by atoms with Crippen molar-refractivity contribution in [3.8, 4) is 50.2 Å². The van der Waals surface area contributed by atoms with E-state index in [4.69, 9.17) is 0 Å². The van der Waals surface area contributed by atoms with Crippen LogP contribution < -0.4 is 5.56 Å². The van der Waals surface area contributed by atoms with Crippen LogP contribution >= 0.6 is 0 Å². The topological polar surface area (TPSA) is 22.0 Å². The number of aromatic nitrogens is 1. The molecule has 0 N–H and O–H groups in total. The summed E-state index contributed by atoms with van der Waals surface area (Å²) in [6.45, 7) is 0. The van der Waals surface area contributed by atoms with Gasteiger partial charge in [-0.1, -0.05) is 140 Å². The first-order valence-corrected chi connectivity index (χ1v) is 15.2. The standard InChI is InChI=1S/C43H29NO/c45-43-39-24-14-13-23-38(39)42-40(33-21-11-4-12-22-33)28-36(32-19-9-3-10-20-32)29-41(42)44(43)37-26-34(30-15-5-1-6-16-30)25-35(27-37)31-17-7-2-8-18-31/h1-29H. The van der Waals surface area contributed by atoms with Crippen LogP contribution in [0.5, 0.6) is 0 Å². The fraction of sp³-hybridized carbons (Fsp3) is 0. The lowest BCUT2D eigenvalue weighted by atomic mass is 9.91. The van der Waals surface area contributed by atoms with Gasteiger partial charge in [0.1, 0.15) is 0 Å². The first-order valence-electron chi connectivity index (χ1n) is 15.2. The summed E-state index contributed by atoms with van der Waals surface area (Å²) < 4.78 is 1.93. The highest BCUT2D eigenvalue weighted by molar-refractivity contribution is 6.14. The van der Waals surface area contributed by atoms with Crippen molar-refractivity contribution in [2.75, 3.05) is 0 Å². The second-order valence-corrected chi connectivity index (χ2v) is 11.3. The monoisotopic (exact) mass is 575 g/mol. The summed E-state index contributed by atoms with van der Waals surface area (Å²) in [6, 6.07) is 60.6. The second kappa shape index (κ2) is 11.3. The normalized spacial score (nSPS) is 11.2. The molecule has 2 heteroatoms. The van der Waals surface area contributed by atoms with Gasteiger partial charge in [-0.3, -0.25) is 9.36 Å². The van der Waals surface area contributed by atoms with Crippen molar-refractivity contribution in [2.45, 2.75) is 0 Å². The van der Waals surface area contributed by atoms with E-state index in [9.17, 15) is 4.79 Å². The number of fused-ring (bicyclic) bond motifs is 3. The zero-order valence-corrected chi connectivity index (χ0v) is 24.6. The van der Waals surface area contributed by atoms with E-state index >= 15 is 0 Å². The van der Waals surface area contributed by atoms with E-state index in [1.165, 1.54) is 0 Å². The van der Waals surface area contributed by atoms with E-state index in [-0.39, 0.29) is 5.56 Å². The molecule has 0 saturated carbocycles. The highest BCUT2D eigenvalue weighted by Crippen LogP contribution is 2.39. The Morgan fingerprint density at radius 1 is 0.356 bits per heavy atom. The molecule has 2 nitrogen and oxygen atoms in total. The number of pyridine rings is 1. The lowest BCUT2D eigenvalue weighted by molar-refractivity contribution is 1.06. The van der Waals surface area contributed by atoms with Gasteiger partial charge in [0.25, 0.3) is 5.56 Å². The first-order chi connectivity index (χ1) is 22.2. The average Bonchev–Trinajstić information content (AvgIpc) is 3.12. The summed E-state index contributed by atoms with van der Waals surface area (Å²) >= 11 is 0. The van der Waals surface area contributed by atoms with Gasteiger partial charge in [-0.15, -0.1) is 0 Å². The maximum Gasteiger partial charge on any atom is 0.263 e. The molecule has 0 amide bonds. The van der Waals surface area contributed by atoms with Crippen molar-refractivity contribution < 1.29 is 0 Å². The van der Waals surface area contributed by atoms with Gasteiger partial charge in [0, 0.05) is 10.8 Å². The Kier molecular flexibility index (Phi) is 6.66. The summed E-state index contributed by atoms with van der Waals surface area (Å²) in [6.07, 6.45) is 0. The Bertz CT molecular complexity index is 2300. The molecule has 0 radical (unpaired) electrons. The van der Waals surface area contributed by atoms with Crippen molar-refractivity contribution in [3.05, 3.63) is 186 Å². The maximum atomic E-state index is 14.7. The molecule has 212 valence electrons. The SMILES string of the molecule is O=c1c2ccccc2c2c(-c3ccccc3)cc(-c3ccccc3)cc2n1-c1cc(-c2ccccc2)cc(-c2ccccc2)c1. The molecule has 0 spiro atoms. The third kappa shape index (κ3) is 4.83. The van der Waals surface area contributed by atoms with E-state index in [0.29, 0.717) is 5.39 Å². The van der Waals surface area contributed by atoms with Gasteiger partial charge in [0.15, 0.2) is 0 Å². The van der Waals surface area contributed by atoms with Gasteiger partial charge in [0.05, 0.1) is 11.2 Å². The Morgan fingerprint density at radius 3 is 1.29 bits per heavy atom. The van der Waals surface area contributed by atoms with Crippen LogP contribution in [-0.4, -0.2) is 4.57 Å². The van der Waals surface area contributed by atoms with Crippen molar-refractivity contribution in [3.63, 3.8) is 0 Å². The van der Waals surface area contributed by atoms with Gasteiger partial charge in [-0.2, -0.15) is 0 Å². The van der Waals surface area contributed by atoms with Crippen LogP contribution in [0.3, 0.4) is 0 Å². The van der Waals surface area contributed by atoms with Crippen LogP contribution in [0.25, 0.3) is 71.9 Å². The smallest absolute Gasteiger partial charge is 0.263 e. The van der Waals surface area contributed by atoms with Gasteiger partial charge in [0.2, 0.25) is 0 Å². The Labute approximate surface area is 262 Å². The van der Waals surface area contributed by atoms with Crippen LogP contribution in [-0.2, 0) is 0 Å². The molecule has 8 aromatic rings. The van der Waals surface area contributed by atoms with E-state index in [2.05, 4.69) is 133 Å². The minimum absolute atomic E-state index is 0.0356. The minimum atomic E-state index is -0.0356. The van der Waals surface area contributed by atoms with Crippen LogP contribution in [0.2, 0.25) is 0 Å². The van der Waals surface area contributed by atoms with Crippen molar-refractivity contribution in [1.82, 2.24) is 4.57 Å². The van der Waals surface area contributed by atoms with Crippen molar-refractivity contribution in [1.29, 1.82) is 0 Å². The minimum Gasteiger partial charge on any atom is -0.276 e. The molecular weight excluding hydrogens is 546 g/mol. The molecule has 7 aromatic carbocycles. The van der Waals surface area contributed by atoms with Gasteiger partial charge >= 0.3 is 0 Å². The number of nitrogens with zero attached hydrogens (tertiary/aromatic N) is 1. The lowest BCUT2D eigenvalue weighted by Crippen LogP contribution is -2.19. The number of hydrogen-bond acceptors (Lipinski definition) is 1. The van der Waals surface area contributed by atoms with E-state index in [0.717, 1.165) is 66.5 Å². The van der Waals surface area contributed by atoms with Crippen LogP contribution in [0.4, 0.5) is 0 Å². The second-order valence-electron chi connectivity index (χ2n) is 11.3. The molecule has 1 heterocycles. The zero-order valence-electron chi connectivity index (χ0n) is 24.6. The highest BCUT2D eigenvalue weighted by Gasteiger charge is 2.19. The van der Waals surface area contributed by atoms with Gasteiger partial charge in [-0.05, 0) is 86.3 Å². The molecular formula is C43H29NO. The maximum absolute atomic E-state index is 14.7. The molecule has 45 heavy (non-hydrogen) atoms. The van der Waals surface area contributed by atoms with Crippen LogP contribution in [0, 0.1) is 0 Å². The summed E-state index contributed by atoms with van der Waals surface area (Å²) in [5.74, 6) is 0. The van der Waals surface area contributed by atoms with Crippen LogP contribution in [0.15, 0.2) is 181 Å². The molecule has 0 fully saturated rings. The van der Waals surface area contributed by atoms with Gasteiger partial charge < -0.3 is 0 Å². The molecule has 0 aliphatic carbocycles. The third-order valence-corrected chi connectivity index (χ3v) is 8.57. The molecule has 0 aliphatic heterocycles. The zero-order chi connectivity index (χ0) is 30.2. The molecule has 0 bridgehead atoms. The lowest BCUT2D eigenvalue weighted by Gasteiger charge is -2.20. The number of hydrogen-bond donors (Lipinski definition) is 0. The van der Waals surface area contributed by atoms with E-state index in [1.54, 1.807) is 0 Å². The molecule has 0 saturated heterocycles. The largest absolute Gasteiger partial charge is 0.276 e. The molecule has 0 atom stereocenters. The first kappa shape index (κ1) is 26.6. The summed E-state index contributed by atoms with van der Waals surface area (Å²) in [4.78, 5) is 14.7. The van der Waals surface area contributed by atoms with Crippen LogP contribution in [0.1, 0.15) is 0 Å². The van der Waals surface area contributed by atoms with E-state index in [1.807, 2.05) is 47.0 Å². The quantitative estimate of drug-likeness (QED) is 0.187. The Balaban J connectivity index is 1.54. The average molecular weight is 576 g/mol. The predicted octanol–water partition coefficient (Wildman–Crippen LogP) is 10.8. The summed E-state index contributed by atoms with van der Waals surface area (Å²) in [5.41, 5.74) is 10.4. The third-order valence-electron chi connectivity index (χ3n) is 8.57. The van der Waals surface area contributed by atoms with E-state index < -0.39 is 0 Å². The number of rotatable bonds is 5. The molecule has 0 unspecified atom stereocenters. The Morgan fingerprint density at radius 2 is 0.778 bits per heavy atom. The fourth-order valence-electron chi connectivity index (χ4n) is 6.44. The highest BCUT2D eigenvalue weighted by atomic mass is 16.1. The van der Waals surface area contributed by atoms with Crippen molar-refractivity contribution >= 4 is 21.7 Å². The Hall–Kier alpha value is -5.99. The molecule has 1 aromatic heterocycles. The van der Waals surface area contributed by atoms with Gasteiger partial charge in [-0.25, -0.2) is 0 Å². The van der Waals surface area contributed by atoms with Crippen molar-refractivity contribution in [2.24, 2.45) is 0 Å². The fourth-order valence-corrected chi connectivity index (χ4v) is 6.44.